The van der Waals surface area contributed by atoms with Crippen molar-refractivity contribution in [3.8, 4) is 11.1 Å². The fraction of sp³-hybridized carbons (Fsp3) is 0.481. The van der Waals surface area contributed by atoms with Crippen LogP contribution in [-0.4, -0.2) is 18.5 Å². The molecule has 2 aromatic rings. The Morgan fingerprint density at radius 2 is 1.71 bits per heavy atom. The highest BCUT2D eigenvalue weighted by molar-refractivity contribution is 5.85. The van der Waals surface area contributed by atoms with Gasteiger partial charge < -0.3 is 4.74 Å². The van der Waals surface area contributed by atoms with Crippen molar-refractivity contribution < 1.29 is 14.3 Å². The zero-order valence-corrected chi connectivity index (χ0v) is 19.0. The highest BCUT2D eigenvalue weighted by Gasteiger charge is 2.42. The standard InChI is InChI=1S/C25H29NO3.C2H6/c1-2-17-13-21-7-4-8-22(14-17)24(21)29-25(28)26-23-11-9-19(10-12-23)20-6-3-5-18(15-20)16-27;1-2/h3,5-6,9-12,15-17,21-22,24H,2,4,7-8,13-14H2,1H3,(H,26,28);1-2H3. The highest BCUT2D eigenvalue weighted by atomic mass is 16.6. The Morgan fingerprint density at radius 3 is 2.32 bits per heavy atom. The lowest BCUT2D eigenvalue weighted by Crippen LogP contribution is -2.43. The molecule has 0 spiro atoms. The summed E-state index contributed by atoms with van der Waals surface area (Å²) in [5.74, 6) is 1.83. The van der Waals surface area contributed by atoms with E-state index in [1.54, 1.807) is 6.07 Å². The Balaban J connectivity index is 0.00000132. The molecule has 2 bridgehead atoms. The molecule has 166 valence electrons. The first kappa shape index (κ1) is 23.1. The van der Waals surface area contributed by atoms with Crippen LogP contribution in [0, 0.1) is 17.8 Å². The first-order chi connectivity index (χ1) is 15.2. The minimum absolute atomic E-state index is 0.0666. The quantitative estimate of drug-likeness (QED) is 0.514. The number of ether oxygens (including phenoxy) is 1. The fourth-order valence-electron chi connectivity index (χ4n) is 5.15. The van der Waals surface area contributed by atoms with Gasteiger partial charge >= 0.3 is 6.09 Å². The third kappa shape index (κ3) is 5.75. The fourth-order valence-corrected chi connectivity index (χ4v) is 5.15. The predicted molar refractivity (Wildman–Crippen MR) is 126 cm³/mol. The van der Waals surface area contributed by atoms with Crippen LogP contribution in [0.3, 0.4) is 0 Å². The topological polar surface area (TPSA) is 55.4 Å². The molecule has 2 aromatic carbocycles. The Labute approximate surface area is 186 Å². The van der Waals surface area contributed by atoms with E-state index in [2.05, 4.69) is 12.2 Å². The number of hydrogen-bond acceptors (Lipinski definition) is 3. The number of carbonyl (C=O) groups is 2. The van der Waals surface area contributed by atoms with Crippen LogP contribution in [0.1, 0.15) is 69.7 Å². The second-order valence-electron chi connectivity index (χ2n) is 8.51. The van der Waals surface area contributed by atoms with Crippen molar-refractivity contribution in [3.05, 3.63) is 54.1 Å². The van der Waals surface area contributed by atoms with E-state index in [-0.39, 0.29) is 12.2 Å². The van der Waals surface area contributed by atoms with E-state index in [4.69, 9.17) is 4.74 Å². The third-order valence-electron chi connectivity index (χ3n) is 6.66. The summed E-state index contributed by atoms with van der Waals surface area (Å²) in [6.45, 7) is 6.27. The van der Waals surface area contributed by atoms with E-state index >= 15 is 0 Å². The number of fused-ring (bicyclic) bond motifs is 2. The predicted octanol–water partition coefficient (Wildman–Crippen LogP) is 7.35. The van der Waals surface area contributed by atoms with Crippen LogP contribution in [0.4, 0.5) is 10.5 Å². The molecular formula is C27H35NO3. The maximum atomic E-state index is 12.5. The molecule has 0 heterocycles. The van der Waals surface area contributed by atoms with Crippen molar-refractivity contribution in [2.45, 2.75) is 65.4 Å². The molecule has 4 rings (SSSR count). The van der Waals surface area contributed by atoms with Crippen LogP contribution < -0.4 is 5.32 Å². The maximum absolute atomic E-state index is 12.5. The largest absolute Gasteiger partial charge is 0.445 e. The maximum Gasteiger partial charge on any atom is 0.411 e. The van der Waals surface area contributed by atoms with Gasteiger partial charge in [-0.05, 0) is 72.8 Å². The second-order valence-corrected chi connectivity index (χ2v) is 8.51. The van der Waals surface area contributed by atoms with E-state index in [1.165, 1.54) is 38.5 Å². The summed E-state index contributed by atoms with van der Waals surface area (Å²) in [6, 6.07) is 15.1. The number of hydrogen-bond donors (Lipinski definition) is 1. The average molecular weight is 422 g/mol. The minimum Gasteiger partial charge on any atom is -0.445 e. The molecule has 0 aliphatic heterocycles. The Kier molecular flexibility index (Phi) is 8.27. The Morgan fingerprint density at radius 1 is 1.03 bits per heavy atom. The van der Waals surface area contributed by atoms with Crippen molar-refractivity contribution in [2.75, 3.05) is 5.32 Å². The van der Waals surface area contributed by atoms with E-state index in [9.17, 15) is 9.59 Å². The molecule has 2 aliphatic carbocycles. The number of anilines is 1. The van der Waals surface area contributed by atoms with Gasteiger partial charge in [-0.15, -0.1) is 0 Å². The monoisotopic (exact) mass is 421 g/mol. The van der Waals surface area contributed by atoms with Crippen LogP contribution in [0.15, 0.2) is 48.5 Å². The smallest absolute Gasteiger partial charge is 0.411 e. The molecule has 2 saturated carbocycles. The molecule has 0 radical (unpaired) electrons. The van der Waals surface area contributed by atoms with E-state index in [0.29, 0.717) is 17.4 Å². The summed E-state index contributed by atoms with van der Waals surface area (Å²) in [6.07, 6.45) is 7.81. The first-order valence-electron chi connectivity index (χ1n) is 11.8. The number of benzene rings is 2. The SMILES string of the molecule is CC.CCC1CC2CCCC(C1)C2OC(=O)Nc1ccc(-c2cccc(C=O)c2)cc1. The van der Waals surface area contributed by atoms with Crippen LogP contribution in [0.2, 0.25) is 0 Å². The lowest BCUT2D eigenvalue weighted by molar-refractivity contribution is -0.0403. The van der Waals surface area contributed by atoms with Crippen LogP contribution in [-0.2, 0) is 4.74 Å². The Bertz CT molecular complexity index is 847. The Hall–Kier alpha value is -2.62. The molecule has 2 aliphatic rings. The third-order valence-corrected chi connectivity index (χ3v) is 6.66. The molecule has 2 atom stereocenters. The van der Waals surface area contributed by atoms with Gasteiger partial charge in [-0.25, -0.2) is 4.79 Å². The molecule has 0 aromatic heterocycles. The van der Waals surface area contributed by atoms with Crippen LogP contribution in [0.5, 0.6) is 0 Å². The van der Waals surface area contributed by atoms with Gasteiger partial charge in [-0.3, -0.25) is 10.1 Å². The molecule has 2 unspecified atom stereocenters. The van der Waals surface area contributed by atoms with Crippen molar-refractivity contribution in [1.82, 2.24) is 0 Å². The normalized spacial score (nSPS) is 24.4. The molecule has 1 amide bonds. The van der Waals surface area contributed by atoms with Gasteiger partial charge in [0.05, 0.1) is 0 Å². The van der Waals surface area contributed by atoms with E-state index in [0.717, 1.165) is 29.0 Å². The van der Waals surface area contributed by atoms with Gasteiger partial charge in [0.15, 0.2) is 0 Å². The summed E-state index contributed by atoms with van der Waals surface area (Å²) >= 11 is 0. The highest BCUT2D eigenvalue weighted by Crippen LogP contribution is 2.45. The number of rotatable bonds is 5. The summed E-state index contributed by atoms with van der Waals surface area (Å²) in [5, 5.41) is 2.89. The summed E-state index contributed by atoms with van der Waals surface area (Å²) in [5.41, 5.74) is 3.35. The number of nitrogens with one attached hydrogen (secondary N) is 1. The van der Waals surface area contributed by atoms with Crippen molar-refractivity contribution in [3.63, 3.8) is 0 Å². The molecule has 2 fully saturated rings. The lowest BCUT2D eigenvalue weighted by Gasteiger charge is -2.44. The van der Waals surface area contributed by atoms with Gasteiger partial charge in [0.2, 0.25) is 0 Å². The number of aldehydes is 1. The van der Waals surface area contributed by atoms with Crippen LogP contribution in [0.25, 0.3) is 11.1 Å². The van der Waals surface area contributed by atoms with Crippen LogP contribution >= 0.6 is 0 Å². The first-order valence-corrected chi connectivity index (χ1v) is 11.8. The average Bonchev–Trinajstić information content (AvgIpc) is 2.80. The molecule has 4 nitrogen and oxygen atoms in total. The molecule has 31 heavy (non-hydrogen) atoms. The summed E-state index contributed by atoms with van der Waals surface area (Å²) in [4.78, 5) is 23.5. The van der Waals surface area contributed by atoms with Gasteiger partial charge in [-0.2, -0.15) is 0 Å². The van der Waals surface area contributed by atoms with Gasteiger partial charge in [0, 0.05) is 11.3 Å². The second kappa shape index (κ2) is 11.1. The van der Waals surface area contributed by atoms with E-state index < -0.39 is 0 Å². The van der Waals surface area contributed by atoms with Crippen molar-refractivity contribution >= 4 is 18.1 Å². The molecule has 1 N–H and O–H groups in total. The zero-order valence-electron chi connectivity index (χ0n) is 19.0. The van der Waals surface area contributed by atoms with Gasteiger partial charge in [-0.1, -0.05) is 63.9 Å². The summed E-state index contributed by atoms with van der Waals surface area (Å²) < 4.78 is 5.91. The lowest BCUT2D eigenvalue weighted by atomic mass is 9.65. The zero-order chi connectivity index (χ0) is 22.2. The van der Waals surface area contributed by atoms with Crippen molar-refractivity contribution in [1.29, 1.82) is 0 Å². The minimum atomic E-state index is -0.349. The van der Waals surface area contributed by atoms with Gasteiger partial charge in [0.1, 0.15) is 12.4 Å². The molecular weight excluding hydrogens is 386 g/mol. The van der Waals surface area contributed by atoms with Crippen molar-refractivity contribution in [2.24, 2.45) is 17.8 Å². The number of carbonyl (C=O) groups excluding carboxylic acids is 2. The van der Waals surface area contributed by atoms with E-state index in [1.807, 2.05) is 56.3 Å². The number of amides is 1. The molecule has 4 heteroatoms. The molecule has 0 saturated heterocycles. The van der Waals surface area contributed by atoms with Gasteiger partial charge in [0.25, 0.3) is 0 Å². The summed E-state index contributed by atoms with van der Waals surface area (Å²) in [7, 11) is 0.